The summed E-state index contributed by atoms with van der Waals surface area (Å²) >= 11 is 0. The fourth-order valence-electron chi connectivity index (χ4n) is 2.45. The number of phenolic OH excluding ortho intramolecular Hbond substituents is 1. The van der Waals surface area contributed by atoms with Crippen LogP contribution in [0, 0.1) is 6.92 Å². The topological polar surface area (TPSA) is 50.7 Å². The van der Waals surface area contributed by atoms with Crippen LogP contribution in [0.4, 0.5) is 0 Å². The third-order valence-electron chi connectivity index (χ3n) is 3.70. The largest absolute Gasteiger partial charge is 0.508 e. The highest BCUT2D eigenvalue weighted by molar-refractivity contribution is 5.44. The quantitative estimate of drug-likeness (QED) is 0.905. The third-order valence-corrected chi connectivity index (χ3v) is 3.70. The molecule has 0 saturated heterocycles. The van der Waals surface area contributed by atoms with Crippen molar-refractivity contribution in [2.45, 2.75) is 26.4 Å². The van der Waals surface area contributed by atoms with E-state index in [-0.39, 0.29) is 6.04 Å². The van der Waals surface area contributed by atoms with E-state index >= 15 is 0 Å². The average molecular weight is 285 g/mol. The van der Waals surface area contributed by atoms with Crippen LogP contribution in [0.2, 0.25) is 0 Å². The van der Waals surface area contributed by atoms with Crippen molar-refractivity contribution in [3.8, 4) is 17.2 Å². The molecule has 0 fully saturated rings. The van der Waals surface area contributed by atoms with Crippen LogP contribution in [0.25, 0.3) is 0 Å². The first-order chi connectivity index (χ1) is 10.1. The Balaban J connectivity index is 1.67. The van der Waals surface area contributed by atoms with E-state index in [9.17, 15) is 5.11 Å². The lowest BCUT2D eigenvalue weighted by atomic mass is 10.0. The fourth-order valence-corrected chi connectivity index (χ4v) is 2.45. The molecule has 1 heterocycles. The Labute approximate surface area is 124 Å². The minimum Gasteiger partial charge on any atom is -0.508 e. The predicted molar refractivity (Wildman–Crippen MR) is 80.7 cm³/mol. The molecule has 2 N–H and O–H groups in total. The summed E-state index contributed by atoms with van der Waals surface area (Å²) in [4.78, 5) is 0. The van der Waals surface area contributed by atoms with E-state index in [2.05, 4.69) is 5.32 Å². The highest BCUT2D eigenvalue weighted by Crippen LogP contribution is 2.32. The van der Waals surface area contributed by atoms with Crippen molar-refractivity contribution in [1.29, 1.82) is 0 Å². The minimum atomic E-state index is 0.0658. The lowest BCUT2D eigenvalue weighted by molar-refractivity contribution is 0.174. The molecule has 2 aromatic rings. The molecule has 2 aromatic carbocycles. The molecule has 0 radical (unpaired) electrons. The molecule has 1 aliphatic rings. The van der Waals surface area contributed by atoms with Gasteiger partial charge in [0.15, 0.2) is 11.5 Å². The molecule has 1 aliphatic heterocycles. The fraction of sp³-hybridized carbons (Fsp3) is 0.294. The van der Waals surface area contributed by atoms with Gasteiger partial charge in [0.25, 0.3) is 0 Å². The number of hydrogen-bond donors (Lipinski definition) is 2. The number of rotatable bonds is 4. The molecule has 3 rings (SSSR count). The zero-order valence-corrected chi connectivity index (χ0v) is 12.2. The van der Waals surface area contributed by atoms with Gasteiger partial charge in [-0.1, -0.05) is 18.2 Å². The van der Waals surface area contributed by atoms with E-state index in [4.69, 9.17) is 9.47 Å². The zero-order valence-electron chi connectivity index (χ0n) is 12.2. The van der Waals surface area contributed by atoms with Crippen molar-refractivity contribution in [3.63, 3.8) is 0 Å². The Morgan fingerprint density at radius 3 is 2.76 bits per heavy atom. The summed E-state index contributed by atoms with van der Waals surface area (Å²) in [5.74, 6) is 1.92. The van der Waals surface area contributed by atoms with Gasteiger partial charge in [0.1, 0.15) is 5.75 Å². The van der Waals surface area contributed by atoms with E-state index < -0.39 is 0 Å². The monoisotopic (exact) mass is 285 g/mol. The SMILES string of the molecule is Cc1ccc(C(C)NCc2ccc3c(c2)OCO3)c(O)c1. The number of ether oxygens (including phenoxy) is 2. The molecule has 4 nitrogen and oxygen atoms in total. The minimum absolute atomic E-state index is 0.0658. The van der Waals surface area contributed by atoms with Crippen LogP contribution in [0.1, 0.15) is 29.7 Å². The predicted octanol–water partition coefficient (Wildman–Crippen LogP) is 3.28. The van der Waals surface area contributed by atoms with Gasteiger partial charge in [-0.15, -0.1) is 0 Å². The van der Waals surface area contributed by atoms with Crippen LogP contribution in [0.5, 0.6) is 17.2 Å². The van der Waals surface area contributed by atoms with Crippen LogP contribution in [0.15, 0.2) is 36.4 Å². The first-order valence-electron chi connectivity index (χ1n) is 7.05. The van der Waals surface area contributed by atoms with Crippen molar-refractivity contribution >= 4 is 0 Å². The molecule has 1 unspecified atom stereocenters. The molecule has 0 aliphatic carbocycles. The van der Waals surface area contributed by atoms with Gasteiger partial charge >= 0.3 is 0 Å². The summed E-state index contributed by atoms with van der Waals surface area (Å²) in [5.41, 5.74) is 3.08. The average Bonchev–Trinajstić information content (AvgIpc) is 2.92. The summed E-state index contributed by atoms with van der Waals surface area (Å²) in [5, 5.41) is 13.4. The summed E-state index contributed by atoms with van der Waals surface area (Å²) in [6, 6.07) is 11.7. The smallest absolute Gasteiger partial charge is 0.231 e. The maximum absolute atomic E-state index is 10.0. The van der Waals surface area contributed by atoms with E-state index in [1.54, 1.807) is 6.07 Å². The molecular weight excluding hydrogens is 266 g/mol. The van der Waals surface area contributed by atoms with Gasteiger partial charge in [-0.2, -0.15) is 0 Å². The Morgan fingerprint density at radius 1 is 1.14 bits per heavy atom. The Morgan fingerprint density at radius 2 is 1.95 bits per heavy atom. The zero-order chi connectivity index (χ0) is 14.8. The molecule has 0 amide bonds. The van der Waals surface area contributed by atoms with E-state index in [0.29, 0.717) is 19.1 Å². The van der Waals surface area contributed by atoms with Crippen LogP contribution < -0.4 is 14.8 Å². The molecule has 0 saturated carbocycles. The second-order valence-corrected chi connectivity index (χ2v) is 5.35. The molecule has 4 heteroatoms. The van der Waals surface area contributed by atoms with Crippen LogP contribution in [-0.4, -0.2) is 11.9 Å². The Hall–Kier alpha value is -2.20. The molecule has 21 heavy (non-hydrogen) atoms. The maximum atomic E-state index is 10.0. The number of fused-ring (bicyclic) bond motifs is 1. The van der Waals surface area contributed by atoms with E-state index in [1.807, 2.05) is 44.2 Å². The van der Waals surface area contributed by atoms with Gasteiger partial charge in [0.2, 0.25) is 6.79 Å². The standard InChI is InChI=1S/C17H19NO3/c1-11-3-5-14(15(19)7-11)12(2)18-9-13-4-6-16-17(8-13)21-10-20-16/h3-8,12,18-19H,9-10H2,1-2H3. The van der Waals surface area contributed by atoms with E-state index in [1.165, 1.54) is 0 Å². The maximum Gasteiger partial charge on any atom is 0.231 e. The summed E-state index contributed by atoms with van der Waals surface area (Å²) in [6.07, 6.45) is 0. The Kier molecular flexibility index (Phi) is 3.71. The first kappa shape index (κ1) is 13.8. The normalized spacial score (nSPS) is 14.2. The number of phenols is 1. The highest BCUT2D eigenvalue weighted by atomic mass is 16.7. The summed E-state index contributed by atoms with van der Waals surface area (Å²) < 4.78 is 10.7. The van der Waals surface area contributed by atoms with E-state index in [0.717, 1.165) is 28.2 Å². The van der Waals surface area contributed by atoms with Crippen molar-refractivity contribution in [2.24, 2.45) is 0 Å². The Bertz CT molecular complexity index is 654. The molecule has 0 aromatic heterocycles. The van der Waals surface area contributed by atoms with Gasteiger partial charge in [-0.3, -0.25) is 0 Å². The van der Waals surface area contributed by atoms with Gasteiger partial charge in [-0.25, -0.2) is 0 Å². The number of nitrogens with one attached hydrogen (secondary N) is 1. The number of benzene rings is 2. The molecule has 1 atom stereocenters. The molecule has 0 bridgehead atoms. The van der Waals surface area contributed by atoms with Gasteiger partial charge < -0.3 is 19.9 Å². The lowest BCUT2D eigenvalue weighted by Crippen LogP contribution is -2.18. The second kappa shape index (κ2) is 5.66. The second-order valence-electron chi connectivity index (χ2n) is 5.35. The van der Waals surface area contributed by atoms with Gasteiger partial charge in [0, 0.05) is 18.2 Å². The van der Waals surface area contributed by atoms with Crippen LogP contribution >= 0.6 is 0 Å². The lowest BCUT2D eigenvalue weighted by Gasteiger charge is -2.16. The molecular formula is C17H19NO3. The van der Waals surface area contributed by atoms with Crippen molar-refractivity contribution < 1.29 is 14.6 Å². The summed E-state index contributed by atoms with van der Waals surface area (Å²) in [7, 11) is 0. The highest BCUT2D eigenvalue weighted by Gasteiger charge is 2.14. The van der Waals surface area contributed by atoms with Gasteiger partial charge in [0.05, 0.1) is 0 Å². The third kappa shape index (κ3) is 2.95. The van der Waals surface area contributed by atoms with Crippen molar-refractivity contribution in [1.82, 2.24) is 5.32 Å². The molecule has 0 spiro atoms. The van der Waals surface area contributed by atoms with Crippen LogP contribution in [0.3, 0.4) is 0 Å². The number of aryl methyl sites for hydroxylation is 1. The van der Waals surface area contributed by atoms with Gasteiger partial charge in [-0.05, 0) is 43.2 Å². The number of aromatic hydroxyl groups is 1. The van der Waals surface area contributed by atoms with Crippen molar-refractivity contribution in [2.75, 3.05) is 6.79 Å². The van der Waals surface area contributed by atoms with Crippen molar-refractivity contribution in [3.05, 3.63) is 53.1 Å². The summed E-state index contributed by atoms with van der Waals surface area (Å²) in [6.45, 7) is 5.00. The number of hydrogen-bond acceptors (Lipinski definition) is 4. The first-order valence-corrected chi connectivity index (χ1v) is 7.05. The van der Waals surface area contributed by atoms with Crippen LogP contribution in [-0.2, 0) is 6.54 Å². The molecule has 110 valence electrons.